The smallest absolute Gasteiger partial charge is 0.331 e. The standard InChI is InChI=1S/C22H19Cl2N3O4/c1-14-21(22(30)27(26(14)2)15-7-4-3-5-8-15)25-19(28)13-31-20(29)12-11-16-17(23)9-6-10-18(16)24/h3-12H,13H2,1-2H3,(H,25,28). The van der Waals surface area contributed by atoms with Crippen LogP contribution in [0.4, 0.5) is 5.69 Å². The first kappa shape index (κ1) is 22.4. The van der Waals surface area contributed by atoms with Gasteiger partial charge in [-0.3, -0.25) is 14.3 Å². The Balaban J connectivity index is 1.66. The van der Waals surface area contributed by atoms with Crippen molar-refractivity contribution in [1.29, 1.82) is 0 Å². The van der Waals surface area contributed by atoms with Crippen molar-refractivity contribution in [3.8, 4) is 5.69 Å². The van der Waals surface area contributed by atoms with Gasteiger partial charge in [-0.2, -0.15) is 0 Å². The zero-order valence-corrected chi connectivity index (χ0v) is 18.3. The largest absolute Gasteiger partial charge is 0.452 e. The maximum absolute atomic E-state index is 12.8. The van der Waals surface area contributed by atoms with Crippen LogP contribution in [0.25, 0.3) is 11.8 Å². The predicted octanol–water partition coefficient (Wildman–Crippen LogP) is 3.99. The summed E-state index contributed by atoms with van der Waals surface area (Å²) in [6.45, 7) is 1.15. The maximum atomic E-state index is 12.8. The predicted molar refractivity (Wildman–Crippen MR) is 121 cm³/mol. The summed E-state index contributed by atoms with van der Waals surface area (Å²) in [5.41, 5.74) is 1.41. The number of carbonyl (C=O) groups is 2. The van der Waals surface area contributed by atoms with Crippen LogP contribution in [0, 0.1) is 6.92 Å². The molecular formula is C22H19Cl2N3O4. The van der Waals surface area contributed by atoms with E-state index in [-0.39, 0.29) is 11.2 Å². The second-order valence-electron chi connectivity index (χ2n) is 6.56. The van der Waals surface area contributed by atoms with Gasteiger partial charge >= 0.3 is 5.97 Å². The Hall–Kier alpha value is -3.29. The number of para-hydroxylation sites is 1. The lowest BCUT2D eigenvalue weighted by atomic mass is 10.2. The van der Waals surface area contributed by atoms with Gasteiger partial charge in [0.25, 0.3) is 11.5 Å². The van der Waals surface area contributed by atoms with Gasteiger partial charge < -0.3 is 10.1 Å². The number of hydrogen-bond acceptors (Lipinski definition) is 4. The summed E-state index contributed by atoms with van der Waals surface area (Å²) >= 11 is 12.1. The van der Waals surface area contributed by atoms with Gasteiger partial charge in [0.1, 0.15) is 5.69 Å². The Bertz CT molecular complexity index is 1190. The topological polar surface area (TPSA) is 82.3 Å². The number of halogens is 2. The molecule has 2 aromatic carbocycles. The molecule has 31 heavy (non-hydrogen) atoms. The molecule has 1 aromatic heterocycles. The molecule has 1 heterocycles. The van der Waals surface area contributed by atoms with E-state index in [9.17, 15) is 14.4 Å². The molecule has 0 aliphatic rings. The molecule has 1 amide bonds. The fraction of sp³-hybridized carbons (Fsp3) is 0.136. The van der Waals surface area contributed by atoms with Crippen molar-refractivity contribution in [3.05, 3.63) is 86.3 Å². The normalized spacial score (nSPS) is 11.0. The van der Waals surface area contributed by atoms with Crippen LogP contribution in [0.1, 0.15) is 11.3 Å². The van der Waals surface area contributed by atoms with Crippen molar-refractivity contribution in [1.82, 2.24) is 9.36 Å². The van der Waals surface area contributed by atoms with Crippen LogP contribution in [0.15, 0.2) is 59.4 Å². The molecule has 9 heteroatoms. The number of ether oxygens (including phenoxy) is 1. The van der Waals surface area contributed by atoms with Gasteiger partial charge in [0.15, 0.2) is 6.61 Å². The van der Waals surface area contributed by atoms with Crippen LogP contribution in [-0.4, -0.2) is 27.8 Å². The summed E-state index contributed by atoms with van der Waals surface area (Å²) in [7, 11) is 1.71. The molecule has 0 bridgehead atoms. The van der Waals surface area contributed by atoms with E-state index in [1.807, 2.05) is 18.2 Å². The third-order valence-electron chi connectivity index (χ3n) is 4.55. The Morgan fingerprint density at radius 2 is 1.71 bits per heavy atom. The van der Waals surface area contributed by atoms with E-state index >= 15 is 0 Å². The minimum absolute atomic E-state index is 0.116. The number of hydrogen-bond donors (Lipinski definition) is 1. The van der Waals surface area contributed by atoms with Gasteiger partial charge in [-0.1, -0.05) is 47.5 Å². The van der Waals surface area contributed by atoms with Crippen molar-refractivity contribution in [2.45, 2.75) is 6.92 Å². The molecule has 0 radical (unpaired) electrons. The SMILES string of the molecule is Cc1c(NC(=O)COC(=O)C=Cc2c(Cl)cccc2Cl)c(=O)n(-c2ccccc2)n1C. The monoisotopic (exact) mass is 459 g/mol. The van der Waals surface area contributed by atoms with Crippen LogP contribution in [0.5, 0.6) is 0 Å². The van der Waals surface area contributed by atoms with E-state index in [1.165, 1.54) is 10.8 Å². The summed E-state index contributed by atoms with van der Waals surface area (Å²) in [4.78, 5) is 37.0. The average Bonchev–Trinajstić information content (AvgIpc) is 2.95. The lowest BCUT2D eigenvalue weighted by Crippen LogP contribution is -2.25. The van der Waals surface area contributed by atoms with Gasteiger partial charge in [0.05, 0.1) is 11.4 Å². The van der Waals surface area contributed by atoms with Crippen molar-refractivity contribution >= 4 is 46.8 Å². The molecule has 0 unspecified atom stereocenters. The molecule has 0 saturated carbocycles. The number of carbonyl (C=O) groups excluding carboxylic acids is 2. The molecule has 0 atom stereocenters. The third-order valence-corrected chi connectivity index (χ3v) is 5.21. The van der Waals surface area contributed by atoms with Crippen LogP contribution >= 0.6 is 23.2 Å². The fourth-order valence-electron chi connectivity index (χ4n) is 2.89. The minimum atomic E-state index is -0.752. The van der Waals surface area contributed by atoms with E-state index in [0.717, 1.165) is 6.08 Å². The fourth-order valence-corrected chi connectivity index (χ4v) is 3.42. The summed E-state index contributed by atoms with van der Waals surface area (Å²) in [5, 5.41) is 3.28. The first-order valence-electron chi connectivity index (χ1n) is 9.22. The Kier molecular flexibility index (Phi) is 6.99. The van der Waals surface area contributed by atoms with Crippen LogP contribution < -0.4 is 10.9 Å². The second-order valence-corrected chi connectivity index (χ2v) is 7.38. The number of nitrogens with one attached hydrogen (secondary N) is 1. The highest BCUT2D eigenvalue weighted by molar-refractivity contribution is 6.37. The first-order valence-corrected chi connectivity index (χ1v) is 9.98. The van der Waals surface area contributed by atoms with Crippen LogP contribution in [-0.2, 0) is 21.4 Å². The van der Waals surface area contributed by atoms with Crippen LogP contribution in [0.2, 0.25) is 10.0 Å². The zero-order valence-electron chi connectivity index (χ0n) is 16.8. The molecule has 0 saturated heterocycles. The molecule has 3 aromatic rings. The van der Waals surface area contributed by atoms with Crippen molar-refractivity contribution in [3.63, 3.8) is 0 Å². The van der Waals surface area contributed by atoms with E-state index in [1.54, 1.807) is 49.0 Å². The molecule has 0 aliphatic heterocycles. The second kappa shape index (κ2) is 9.68. The van der Waals surface area contributed by atoms with Gasteiger partial charge in [-0.05, 0) is 37.3 Å². The van der Waals surface area contributed by atoms with Crippen molar-refractivity contribution in [2.24, 2.45) is 7.05 Å². The van der Waals surface area contributed by atoms with E-state index < -0.39 is 18.5 Å². The van der Waals surface area contributed by atoms with Crippen molar-refractivity contribution in [2.75, 3.05) is 11.9 Å². The number of nitrogens with zero attached hydrogens (tertiary/aromatic N) is 2. The molecule has 0 fully saturated rings. The summed E-state index contributed by atoms with van der Waals surface area (Å²) < 4.78 is 8.01. The summed E-state index contributed by atoms with van der Waals surface area (Å²) in [5.74, 6) is -1.39. The average molecular weight is 460 g/mol. The van der Waals surface area contributed by atoms with Gasteiger partial charge in [0.2, 0.25) is 0 Å². The summed E-state index contributed by atoms with van der Waals surface area (Å²) in [6.07, 6.45) is 2.53. The number of esters is 1. The quantitative estimate of drug-likeness (QED) is 0.446. The number of anilines is 1. The molecule has 7 nitrogen and oxygen atoms in total. The Labute approximate surface area is 188 Å². The van der Waals surface area contributed by atoms with E-state index in [0.29, 0.717) is 27.0 Å². The minimum Gasteiger partial charge on any atom is -0.452 e. The van der Waals surface area contributed by atoms with E-state index in [2.05, 4.69) is 5.32 Å². The lowest BCUT2D eigenvalue weighted by Gasteiger charge is -2.07. The molecular weight excluding hydrogens is 441 g/mol. The highest BCUT2D eigenvalue weighted by Gasteiger charge is 2.18. The summed E-state index contributed by atoms with van der Waals surface area (Å²) in [6, 6.07) is 14.0. The lowest BCUT2D eigenvalue weighted by molar-refractivity contribution is -0.142. The highest BCUT2D eigenvalue weighted by Crippen LogP contribution is 2.25. The number of rotatable bonds is 6. The van der Waals surface area contributed by atoms with Crippen LogP contribution in [0.3, 0.4) is 0 Å². The number of amides is 1. The highest BCUT2D eigenvalue weighted by atomic mass is 35.5. The van der Waals surface area contributed by atoms with Gasteiger partial charge in [0, 0.05) is 28.7 Å². The van der Waals surface area contributed by atoms with Crippen molar-refractivity contribution < 1.29 is 14.3 Å². The van der Waals surface area contributed by atoms with Gasteiger partial charge in [-0.25, -0.2) is 9.48 Å². The molecule has 160 valence electrons. The molecule has 1 N–H and O–H groups in total. The Morgan fingerprint density at radius 1 is 1.06 bits per heavy atom. The maximum Gasteiger partial charge on any atom is 0.331 e. The molecule has 0 spiro atoms. The first-order chi connectivity index (χ1) is 14.8. The van der Waals surface area contributed by atoms with Gasteiger partial charge in [-0.15, -0.1) is 0 Å². The zero-order chi connectivity index (χ0) is 22.5. The molecule has 0 aliphatic carbocycles. The van der Waals surface area contributed by atoms with E-state index in [4.69, 9.17) is 27.9 Å². The number of aromatic nitrogens is 2. The Morgan fingerprint density at radius 3 is 2.35 bits per heavy atom. The number of benzene rings is 2. The third kappa shape index (κ3) is 5.07. The molecule has 3 rings (SSSR count).